The maximum absolute atomic E-state index is 11.3. The van der Waals surface area contributed by atoms with E-state index < -0.39 is 8.03 Å². The van der Waals surface area contributed by atoms with Crippen molar-refractivity contribution >= 4 is 13.3 Å². The predicted octanol–water partition coefficient (Wildman–Crippen LogP) is 2.74. The molecule has 1 aliphatic rings. The first-order chi connectivity index (χ1) is 7.18. The molecule has 1 atom stereocenters. The Kier molecular flexibility index (Phi) is 3.28. The van der Waals surface area contributed by atoms with Crippen LogP contribution in [-0.2, 0) is 4.57 Å². The fraction of sp³-hybridized carbons (Fsp3) is 0.500. The van der Waals surface area contributed by atoms with Gasteiger partial charge in [0, 0.05) is 5.30 Å². The first-order valence-corrected chi connectivity index (χ1v) is 6.88. The summed E-state index contributed by atoms with van der Waals surface area (Å²) in [4.78, 5) is 9.30. The number of hydrogen-bond donors (Lipinski definition) is 1. The van der Waals surface area contributed by atoms with Gasteiger partial charge in [0.25, 0.3) is 0 Å². The lowest BCUT2D eigenvalue weighted by Crippen LogP contribution is -2.09. The first-order valence-electron chi connectivity index (χ1n) is 5.52. The Morgan fingerprint density at radius 2 is 2.00 bits per heavy atom. The van der Waals surface area contributed by atoms with Gasteiger partial charge in [0.1, 0.15) is 0 Å². The van der Waals surface area contributed by atoms with E-state index in [1.54, 1.807) is 0 Å². The van der Waals surface area contributed by atoms with Gasteiger partial charge in [-0.25, -0.2) is 0 Å². The summed E-state index contributed by atoms with van der Waals surface area (Å²) in [5.41, 5.74) is 2.31. The van der Waals surface area contributed by atoms with Gasteiger partial charge in [-0.05, 0) is 37.3 Å². The van der Waals surface area contributed by atoms with Crippen LogP contribution in [0.5, 0.6) is 0 Å². The lowest BCUT2D eigenvalue weighted by Gasteiger charge is -2.14. The van der Waals surface area contributed by atoms with Crippen molar-refractivity contribution in [2.75, 3.05) is 0 Å². The van der Waals surface area contributed by atoms with E-state index in [0.29, 0.717) is 11.2 Å². The molecule has 0 saturated heterocycles. The van der Waals surface area contributed by atoms with Crippen LogP contribution in [0.2, 0.25) is 0 Å². The molecule has 15 heavy (non-hydrogen) atoms. The summed E-state index contributed by atoms with van der Waals surface area (Å²) in [6.07, 6.45) is 4.85. The SMILES string of the molecule is Cc1ccc([PH](=O)O)c(C2CCCC2)c1. The summed E-state index contributed by atoms with van der Waals surface area (Å²) in [5, 5.41) is 0.678. The van der Waals surface area contributed by atoms with Gasteiger partial charge in [0.05, 0.1) is 0 Å². The molecule has 0 aliphatic heterocycles. The van der Waals surface area contributed by atoms with Crippen molar-refractivity contribution in [1.82, 2.24) is 0 Å². The van der Waals surface area contributed by atoms with E-state index in [9.17, 15) is 9.46 Å². The Balaban J connectivity index is 2.41. The van der Waals surface area contributed by atoms with Crippen molar-refractivity contribution in [3.8, 4) is 0 Å². The lowest BCUT2D eigenvalue weighted by molar-refractivity contribution is 0.512. The molecule has 0 aromatic heterocycles. The molecule has 1 unspecified atom stereocenters. The molecular formula is C12H17O2P. The van der Waals surface area contributed by atoms with Gasteiger partial charge in [-0.3, -0.25) is 4.57 Å². The van der Waals surface area contributed by atoms with Crippen LogP contribution in [0.15, 0.2) is 18.2 Å². The van der Waals surface area contributed by atoms with Crippen LogP contribution in [0.25, 0.3) is 0 Å². The van der Waals surface area contributed by atoms with Gasteiger partial charge in [-0.1, -0.05) is 30.5 Å². The molecular weight excluding hydrogens is 207 g/mol. The average molecular weight is 224 g/mol. The normalized spacial score (nSPS) is 19.3. The molecule has 2 rings (SSSR count). The van der Waals surface area contributed by atoms with Gasteiger partial charge in [-0.15, -0.1) is 0 Å². The largest absolute Gasteiger partial charge is 0.343 e. The molecule has 1 aromatic carbocycles. The Labute approximate surface area is 91.2 Å². The highest BCUT2D eigenvalue weighted by Gasteiger charge is 2.21. The topological polar surface area (TPSA) is 37.3 Å². The minimum Gasteiger partial charge on any atom is -0.343 e. The minimum absolute atomic E-state index is 0.515. The van der Waals surface area contributed by atoms with Crippen molar-refractivity contribution in [2.24, 2.45) is 0 Å². The van der Waals surface area contributed by atoms with Crippen LogP contribution >= 0.6 is 8.03 Å². The molecule has 0 spiro atoms. The highest BCUT2D eigenvalue weighted by molar-refractivity contribution is 7.47. The first kappa shape index (κ1) is 10.9. The van der Waals surface area contributed by atoms with Crippen molar-refractivity contribution in [2.45, 2.75) is 38.5 Å². The zero-order valence-corrected chi connectivity index (χ0v) is 9.99. The highest BCUT2D eigenvalue weighted by Crippen LogP contribution is 2.35. The molecule has 0 bridgehead atoms. The summed E-state index contributed by atoms with van der Waals surface area (Å²) in [5.74, 6) is 0.515. The fourth-order valence-electron chi connectivity index (χ4n) is 2.45. The average Bonchev–Trinajstić information content (AvgIpc) is 2.69. The summed E-state index contributed by atoms with van der Waals surface area (Å²) >= 11 is 0. The molecule has 1 aliphatic carbocycles. The summed E-state index contributed by atoms with van der Waals surface area (Å²) in [7, 11) is -2.54. The van der Waals surface area contributed by atoms with Crippen LogP contribution in [0.1, 0.15) is 42.7 Å². The van der Waals surface area contributed by atoms with E-state index in [1.165, 1.54) is 31.2 Å². The van der Waals surface area contributed by atoms with Gasteiger partial charge in [0.15, 0.2) is 0 Å². The molecule has 3 heteroatoms. The second-order valence-electron chi connectivity index (χ2n) is 4.38. The zero-order chi connectivity index (χ0) is 10.8. The van der Waals surface area contributed by atoms with Crippen LogP contribution in [0.4, 0.5) is 0 Å². The monoisotopic (exact) mass is 224 g/mol. The van der Waals surface area contributed by atoms with Crippen molar-refractivity contribution < 1.29 is 9.46 Å². The lowest BCUT2D eigenvalue weighted by atomic mass is 9.96. The third-order valence-corrected chi connectivity index (χ3v) is 4.15. The van der Waals surface area contributed by atoms with Gasteiger partial charge >= 0.3 is 0 Å². The number of rotatable bonds is 2. The molecule has 1 fully saturated rings. The van der Waals surface area contributed by atoms with E-state index in [0.717, 1.165) is 5.56 Å². The Bertz CT molecular complexity index is 381. The van der Waals surface area contributed by atoms with Crippen molar-refractivity contribution in [3.63, 3.8) is 0 Å². The second-order valence-corrected chi connectivity index (χ2v) is 5.53. The maximum Gasteiger partial charge on any atom is 0.218 e. The smallest absolute Gasteiger partial charge is 0.218 e. The molecule has 1 N–H and O–H groups in total. The summed E-state index contributed by atoms with van der Waals surface area (Å²) in [6, 6.07) is 5.83. The molecule has 0 heterocycles. The maximum atomic E-state index is 11.3. The quantitative estimate of drug-likeness (QED) is 0.784. The molecule has 0 radical (unpaired) electrons. The number of hydrogen-bond acceptors (Lipinski definition) is 1. The van der Waals surface area contributed by atoms with Gasteiger partial charge in [0.2, 0.25) is 8.03 Å². The van der Waals surface area contributed by atoms with E-state index in [4.69, 9.17) is 0 Å². The predicted molar refractivity (Wildman–Crippen MR) is 63.2 cm³/mol. The Morgan fingerprint density at radius 3 is 2.60 bits per heavy atom. The molecule has 1 aromatic rings. The third-order valence-electron chi connectivity index (χ3n) is 3.23. The van der Waals surface area contributed by atoms with E-state index in [2.05, 4.69) is 6.07 Å². The summed E-state index contributed by atoms with van der Waals surface area (Å²) < 4.78 is 11.3. The Morgan fingerprint density at radius 1 is 1.33 bits per heavy atom. The van der Waals surface area contributed by atoms with Crippen LogP contribution < -0.4 is 5.30 Å². The van der Waals surface area contributed by atoms with Crippen molar-refractivity contribution in [3.05, 3.63) is 29.3 Å². The van der Waals surface area contributed by atoms with E-state index in [-0.39, 0.29) is 0 Å². The van der Waals surface area contributed by atoms with Crippen LogP contribution in [0, 0.1) is 6.92 Å². The number of benzene rings is 1. The van der Waals surface area contributed by atoms with Gasteiger partial charge < -0.3 is 4.89 Å². The van der Waals surface area contributed by atoms with Gasteiger partial charge in [-0.2, -0.15) is 0 Å². The molecule has 0 amide bonds. The van der Waals surface area contributed by atoms with E-state index in [1.807, 2.05) is 19.1 Å². The van der Waals surface area contributed by atoms with Crippen molar-refractivity contribution in [1.29, 1.82) is 0 Å². The second kappa shape index (κ2) is 4.51. The number of aryl methyl sites for hydroxylation is 1. The third kappa shape index (κ3) is 2.32. The fourth-order valence-corrected chi connectivity index (χ4v) is 3.20. The van der Waals surface area contributed by atoms with Crippen LogP contribution in [-0.4, -0.2) is 4.89 Å². The highest BCUT2D eigenvalue weighted by atomic mass is 31.1. The van der Waals surface area contributed by atoms with E-state index >= 15 is 0 Å². The minimum atomic E-state index is -2.54. The summed E-state index contributed by atoms with van der Waals surface area (Å²) in [6.45, 7) is 2.04. The molecule has 2 nitrogen and oxygen atoms in total. The molecule has 82 valence electrons. The standard InChI is InChI=1S/C12H17O2P/c1-9-6-7-12(15(13)14)11(8-9)10-4-2-3-5-10/h6-8,10,15H,2-5H2,1H3,(H,13,14). The van der Waals surface area contributed by atoms with Crippen LogP contribution in [0.3, 0.4) is 0 Å². The zero-order valence-electron chi connectivity index (χ0n) is 8.99. The molecule has 1 saturated carbocycles. The Hall–Kier alpha value is -0.590.